The van der Waals surface area contributed by atoms with Gasteiger partial charge in [0.15, 0.2) is 0 Å². The maximum atomic E-state index is 12.7. The summed E-state index contributed by atoms with van der Waals surface area (Å²) in [5.41, 5.74) is -1.17. The lowest BCUT2D eigenvalue weighted by molar-refractivity contribution is -0.186. The topological polar surface area (TPSA) is 90.6 Å². The van der Waals surface area contributed by atoms with Gasteiger partial charge in [-0.3, -0.25) is 4.79 Å². The van der Waals surface area contributed by atoms with E-state index in [0.717, 1.165) is 6.42 Å². The van der Waals surface area contributed by atoms with Gasteiger partial charge in [-0.25, -0.2) is 0 Å². The monoisotopic (exact) mass is 397 g/mol. The van der Waals surface area contributed by atoms with Crippen LogP contribution in [0.25, 0.3) is 0 Å². The van der Waals surface area contributed by atoms with Crippen molar-refractivity contribution in [2.45, 2.75) is 99.4 Å². The Labute approximate surface area is 171 Å². The zero-order valence-electron chi connectivity index (χ0n) is 19.4. The van der Waals surface area contributed by atoms with Crippen LogP contribution in [0.2, 0.25) is 0 Å². The zero-order valence-corrected chi connectivity index (χ0v) is 19.4. The molecular formula is C23H43NO4. The fourth-order valence-electron chi connectivity index (χ4n) is 4.56. The van der Waals surface area contributed by atoms with Crippen molar-refractivity contribution in [2.75, 3.05) is 0 Å². The van der Waals surface area contributed by atoms with Crippen LogP contribution in [0.15, 0.2) is 0 Å². The van der Waals surface area contributed by atoms with Gasteiger partial charge in [0.05, 0.1) is 12.0 Å². The highest BCUT2D eigenvalue weighted by atomic mass is 16.6. The molecule has 0 aliphatic carbocycles. The molecule has 1 fully saturated rings. The summed E-state index contributed by atoms with van der Waals surface area (Å²) in [5.74, 6) is -0.478. The molecule has 0 aromatic heterocycles. The molecule has 8 atom stereocenters. The zero-order chi connectivity index (χ0) is 22.0. The van der Waals surface area contributed by atoms with E-state index in [-0.39, 0.29) is 23.2 Å². The van der Waals surface area contributed by atoms with Gasteiger partial charge in [0.25, 0.3) is 0 Å². The van der Waals surface area contributed by atoms with Crippen LogP contribution >= 0.6 is 0 Å². The molecule has 1 rings (SSSR count). The minimum Gasteiger partial charge on any atom is -0.459 e. The fourth-order valence-corrected chi connectivity index (χ4v) is 4.56. The summed E-state index contributed by atoms with van der Waals surface area (Å²) in [6, 6.07) is 0. The van der Waals surface area contributed by atoms with Crippen molar-refractivity contribution < 1.29 is 19.7 Å². The Morgan fingerprint density at radius 2 is 1.50 bits per heavy atom. The van der Waals surface area contributed by atoms with Crippen LogP contribution in [0, 0.1) is 40.4 Å². The van der Waals surface area contributed by atoms with Crippen molar-refractivity contribution in [1.29, 1.82) is 5.41 Å². The number of aliphatic hydroxyl groups is 2. The summed E-state index contributed by atoms with van der Waals surface area (Å²) in [4.78, 5) is 12.7. The third-order valence-electron chi connectivity index (χ3n) is 7.73. The second-order valence-electron chi connectivity index (χ2n) is 10.1. The van der Waals surface area contributed by atoms with Crippen molar-refractivity contribution >= 4 is 11.7 Å². The Bertz CT molecular complexity index is 553. The second kappa shape index (κ2) is 9.25. The Kier molecular flexibility index (Phi) is 8.29. The molecule has 0 aromatic rings. The lowest BCUT2D eigenvalue weighted by Gasteiger charge is -2.43. The van der Waals surface area contributed by atoms with E-state index in [4.69, 9.17) is 10.1 Å². The van der Waals surface area contributed by atoms with Gasteiger partial charge >= 0.3 is 5.97 Å². The van der Waals surface area contributed by atoms with Gasteiger partial charge in [0.1, 0.15) is 11.7 Å². The third-order valence-corrected chi connectivity index (χ3v) is 7.73. The standard InChI is InChI=1S/C23H43NO4/c1-10-18-23(9,27)20(25)17(6)19(24)13(2)11-15(4)22(7,8)16(5)12-14(3)21(26)28-18/h13-18,20,24-25,27H,10-12H2,1-9H3/t13-,14-,15+,16+,17+,18-,20-,23-/m1/s1. The average molecular weight is 398 g/mol. The number of esters is 1. The summed E-state index contributed by atoms with van der Waals surface area (Å²) in [6.45, 7) is 17.9. The van der Waals surface area contributed by atoms with Gasteiger partial charge in [0, 0.05) is 11.6 Å². The minimum absolute atomic E-state index is 0.00455. The second-order valence-corrected chi connectivity index (χ2v) is 10.1. The molecule has 28 heavy (non-hydrogen) atoms. The maximum absolute atomic E-state index is 12.7. The van der Waals surface area contributed by atoms with E-state index in [1.807, 2.05) is 20.8 Å². The van der Waals surface area contributed by atoms with Crippen molar-refractivity contribution in [3.8, 4) is 0 Å². The SMILES string of the molecule is CC[C@H]1OC(=O)[C@H](C)C[C@H](C)C(C)(C)[C@@H](C)C[C@@H](C)C(=N)[C@H](C)[C@@H](O)[C@]1(C)O. The summed E-state index contributed by atoms with van der Waals surface area (Å²) in [5, 5.41) is 30.6. The predicted molar refractivity (Wildman–Crippen MR) is 113 cm³/mol. The van der Waals surface area contributed by atoms with Crippen LogP contribution in [-0.4, -0.2) is 39.7 Å². The first-order chi connectivity index (χ1) is 12.7. The van der Waals surface area contributed by atoms with Crippen molar-refractivity contribution in [3.63, 3.8) is 0 Å². The molecular weight excluding hydrogens is 354 g/mol. The van der Waals surface area contributed by atoms with E-state index in [1.165, 1.54) is 6.92 Å². The summed E-state index contributed by atoms with van der Waals surface area (Å²) in [6.07, 6.45) is -0.0462. The molecule has 0 saturated carbocycles. The normalized spacial score (nSPS) is 43.9. The van der Waals surface area contributed by atoms with Crippen LogP contribution in [0.1, 0.15) is 81.6 Å². The Hall–Kier alpha value is -0.940. The van der Waals surface area contributed by atoms with Crippen molar-refractivity contribution in [1.82, 2.24) is 0 Å². The molecule has 1 aliphatic rings. The third kappa shape index (κ3) is 5.15. The first-order valence-corrected chi connectivity index (χ1v) is 10.9. The van der Waals surface area contributed by atoms with Crippen molar-refractivity contribution in [3.05, 3.63) is 0 Å². The van der Waals surface area contributed by atoms with E-state index >= 15 is 0 Å². The van der Waals surface area contributed by atoms with Gasteiger partial charge < -0.3 is 20.4 Å². The van der Waals surface area contributed by atoms with E-state index in [0.29, 0.717) is 30.4 Å². The number of hydrogen-bond donors (Lipinski definition) is 3. The predicted octanol–water partition coefficient (Wildman–Crippen LogP) is 4.44. The first-order valence-electron chi connectivity index (χ1n) is 10.9. The quantitative estimate of drug-likeness (QED) is 0.571. The molecule has 0 radical (unpaired) electrons. The number of hydrogen-bond acceptors (Lipinski definition) is 5. The molecule has 0 unspecified atom stereocenters. The smallest absolute Gasteiger partial charge is 0.309 e. The van der Waals surface area contributed by atoms with E-state index < -0.39 is 23.7 Å². The van der Waals surface area contributed by atoms with Crippen LogP contribution < -0.4 is 0 Å². The Balaban J connectivity index is 3.33. The average Bonchev–Trinajstić information content (AvgIpc) is 2.62. The highest BCUT2D eigenvalue weighted by molar-refractivity contribution is 5.86. The van der Waals surface area contributed by atoms with E-state index in [2.05, 4.69) is 27.7 Å². The number of cyclic esters (lactones) is 1. The first kappa shape index (κ1) is 25.1. The van der Waals surface area contributed by atoms with E-state index in [1.54, 1.807) is 6.92 Å². The molecule has 0 bridgehead atoms. The molecule has 1 aliphatic heterocycles. The minimum atomic E-state index is -1.61. The Morgan fingerprint density at radius 3 is 1.96 bits per heavy atom. The van der Waals surface area contributed by atoms with Gasteiger partial charge in [-0.2, -0.15) is 0 Å². The summed E-state index contributed by atoms with van der Waals surface area (Å²) >= 11 is 0. The lowest BCUT2D eigenvalue weighted by Crippen LogP contribution is -2.55. The highest BCUT2D eigenvalue weighted by Gasteiger charge is 2.46. The van der Waals surface area contributed by atoms with Crippen molar-refractivity contribution in [2.24, 2.45) is 35.0 Å². The number of rotatable bonds is 1. The van der Waals surface area contributed by atoms with Gasteiger partial charge in [-0.05, 0) is 49.4 Å². The lowest BCUT2D eigenvalue weighted by atomic mass is 9.65. The molecule has 3 N–H and O–H groups in total. The number of nitrogens with one attached hydrogen (secondary N) is 1. The molecule has 0 aromatic carbocycles. The number of carbonyl (C=O) groups excluding carboxylic acids is 1. The summed E-state index contributed by atoms with van der Waals surface area (Å²) in [7, 11) is 0. The molecule has 1 heterocycles. The van der Waals surface area contributed by atoms with Crippen LogP contribution in [0.3, 0.4) is 0 Å². The largest absolute Gasteiger partial charge is 0.459 e. The van der Waals surface area contributed by atoms with Crippen LogP contribution in [-0.2, 0) is 9.53 Å². The van der Waals surface area contributed by atoms with Gasteiger partial charge in [0.2, 0.25) is 0 Å². The molecule has 0 amide bonds. The number of carbonyl (C=O) groups is 1. The van der Waals surface area contributed by atoms with Crippen LogP contribution in [0.4, 0.5) is 0 Å². The number of aliphatic hydroxyl groups excluding tert-OH is 1. The fraction of sp³-hybridized carbons (Fsp3) is 0.913. The highest BCUT2D eigenvalue weighted by Crippen LogP contribution is 2.42. The molecule has 0 spiro atoms. The maximum Gasteiger partial charge on any atom is 0.309 e. The molecule has 5 nitrogen and oxygen atoms in total. The van der Waals surface area contributed by atoms with Gasteiger partial charge in [-0.15, -0.1) is 0 Å². The van der Waals surface area contributed by atoms with Gasteiger partial charge in [-0.1, -0.05) is 55.4 Å². The Morgan fingerprint density at radius 1 is 1.04 bits per heavy atom. The molecule has 5 heteroatoms. The summed E-state index contributed by atoms with van der Waals surface area (Å²) < 4.78 is 5.68. The van der Waals surface area contributed by atoms with E-state index in [9.17, 15) is 15.0 Å². The number of ether oxygens (including phenoxy) is 1. The van der Waals surface area contributed by atoms with Crippen LogP contribution in [0.5, 0.6) is 0 Å². The molecule has 164 valence electrons. The molecule has 1 saturated heterocycles.